The first-order valence-electron chi connectivity index (χ1n) is 12.0. The second-order valence-corrected chi connectivity index (χ2v) is 10.4. The molecule has 1 unspecified atom stereocenters. The van der Waals surface area contributed by atoms with Crippen molar-refractivity contribution < 1.29 is 14.4 Å². The van der Waals surface area contributed by atoms with Crippen molar-refractivity contribution in [2.45, 2.75) is 49.8 Å². The van der Waals surface area contributed by atoms with Crippen LogP contribution in [0.2, 0.25) is 0 Å². The maximum atomic E-state index is 13.9. The first-order valence-corrected chi connectivity index (χ1v) is 12.0. The Morgan fingerprint density at radius 1 is 0.606 bits per heavy atom. The van der Waals surface area contributed by atoms with Gasteiger partial charge in [0.25, 0.3) is 0 Å². The Hall–Kier alpha value is -3.05. The van der Waals surface area contributed by atoms with Crippen LogP contribution in [0, 0.1) is 0 Å². The second-order valence-electron chi connectivity index (χ2n) is 10.4. The number of hydrogen-bond donors (Lipinski definition) is 0. The lowest BCUT2D eigenvalue weighted by Crippen LogP contribution is -2.61. The summed E-state index contributed by atoms with van der Waals surface area (Å²) in [7, 11) is 0. The molecule has 0 aromatic heterocycles. The van der Waals surface area contributed by atoms with Gasteiger partial charge in [-0.2, -0.15) is 0 Å². The third-order valence-electron chi connectivity index (χ3n) is 9.10. The zero-order valence-corrected chi connectivity index (χ0v) is 18.0. The monoisotopic (exact) mass is 448 g/mol. The Kier molecular flexibility index (Phi) is 2.83. The minimum absolute atomic E-state index is 0.00662. The Bertz CT molecular complexity index is 1150. The van der Waals surface area contributed by atoms with Crippen LogP contribution in [0.15, 0.2) is 24.3 Å². The average molecular weight is 448 g/mol. The molecule has 11 nitrogen and oxygen atoms in total. The Morgan fingerprint density at radius 2 is 1.15 bits per heavy atom. The van der Waals surface area contributed by atoms with Gasteiger partial charge in [-0.3, -0.25) is 29.4 Å². The molecule has 2 bridgehead atoms. The van der Waals surface area contributed by atoms with Gasteiger partial charge >= 0.3 is 18.1 Å². The molecule has 0 spiro atoms. The van der Waals surface area contributed by atoms with E-state index < -0.39 is 12.3 Å². The molecule has 11 heteroatoms. The second kappa shape index (κ2) is 5.36. The summed E-state index contributed by atoms with van der Waals surface area (Å²) < 4.78 is 0. The van der Waals surface area contributed by atoms with E-state index in [1.165, 1.54) is 0 Å². The van der Waals surface area contributed by atoms with E-state index in [0.29, 0.717) is 19.8 Å². The lowest BCUT2D eigenvalue weighted by Gasteiger charge is -2.46. The smallest absolute Gasteiger partial charge is 0.305 e. The van der Waals surface area contributed by atoms with Crippen molar-refractivity contribution in [1.82, 2.24) is 39.2 Å². The van der Waals surface area contributed by atoms with Gasteiger partial charge in [-0.05, 0) is 18.4 Å². The van der Waals surface area contributed by atoms with Crippen molar-refractivity contribution >= 4 is 18.1 Å². The standard InChI is InChI=1S/C22H24N8O3/c31-20-24-8-3-7-23-11-27-14-12-5-1-2-6-13(12)15(29(20)18(27)16(23)24)30-19-17-25(21(32)28(14)19)9-4-10-26(17)22(30)33/h1-2,5-6,14-19H,3-4,7-11H2/t14-,15+,16+,17?,18-,19-/m0/s1. The summed E-state index contributed by atoms with van der Waals surface area (Å²) >= 11 is 0. The number of carbonyl (C=O) groups excluding carboxylic acids is 3. The molecular formula is C22H24N8O3. The van der Waals surface area contributed by atoms with Gasteiger partial charge < -0.3 is 4.90 Å². The number of amides is 6. The molecule has 0 saturated carbocycles. The van der Waals surface area contributed by atoms with E-state index in [0.717, 1.165) is 37.1 Å². The molecule has 1 aromatic carbocycles. The van der Waals surface area contributed by atoms with Crippen molar-refractivity contribution in [1.29, 1.82) is 0 Å². The average Bonchev–Trinajstić information content (AvgIpc) is 3.47. The van der Waals surface area contributed by atoms with Gasteiger partial charge in [-0.25, -0.2) is 19.3 Å². The zero-order valence-electron chi connectivity index (χ0n) is 18.0. The number of hydrogen-bond acceptors (Lipinski definition) is 5. The summed E-state index contributed by atoms with van der Waals surface area (Å²) in [5.74, 6) is 0. The maximum Gasteiger partial charge on any atom is 0.325 e. The van der Waals surface area contributed by atoms with Crippen LogP contribution in [0.25, 0.3) is 0 Å². The molecule has 8 heterocycles. The van der Waals surface area contributed by atoms with Gasteiger partial charge in [0.15, 0.2) is 6.17 Å². The summed E-state index contributed by atoms with van der Waals surface area (Å²) in [6, 6.07) is 8.08. The van der Waals surface area contributed by atoms with Gasteiger partial charge in [0.2, 0.25) is 0 Å². The molecule has 6 amide bonds. The maximum absolute atomic E-state index is 13.9. The third kappa shape index (κ3) is 1.68. The molecule has 6 saturated heterocycles. The van der Waals surface area contributed by atoms with E-state index in [-0.39, 0.29) is 42.8 Å². The number of benzene rings is 1. The highest BCUT2D eigenvalue weighted by Crippen LogP contribution is 2.57. The van der Waals surface area contributed by atoms with Crippen molar-refractivity contribution in [3.8, 4) is 0 Å². The molecule has 9 rings (SSSR count). The van der Waals surface area contributed by atoms with E-state index in [2.05, 4.69) is 15.9 Å². The Labute approximate surface area is 190 Å². The number of carbonyl (C=O) groups is 3. The molecule has 6 atom stereocenters. The van der Waals surface area contributed by atoms with E-state index in [4.69, 9.17) is 0 Å². The summed E-state index contributed by atoms with van der Waals surface area (Å²) in [6.07, 6.45) is -0.00772. The van der Waals surface area contributed by atoms with Gasteiger partial charge in [-0.15, -0.1) is 0 Å². The van der Waals surface area contributed by atoms with Crippen molar-refractivity contribution in [3.63, 3.8) is 0 Å². The van der Waals surface area contributed by atoms with Crippen molar-refractivity contribution in [2.24, 2.45) is 0 Å². The molecule has 8 aliphatic heterocycles. The molecule has 6 fully saturated rings. The van der Waals surface area contributed by atoms with Gasteiger partial charge in [0.05, 0.1) is 6.67 Å². The molecule has 1 aromatic rings. The molecular weight excluding hydrogens is 424 g/mol. The summed E-state index contributed by atoms with van der Waals surface area (Å²) in [4.78, 5) is 58.0. The van der Waals surface area contributed by atoms with Crippen LogP contribution in [0.1, 0.15) is 36.3 Å². The highest BCUT2D eigenvalue weighted by Gasteiger charge is 2.72. The van der Waals surface area contributed by atoms with Crippen molar-refractivity contribution in [2.75, 3.05) is 32.8 Å². The van der Waals surface area contributed by atoms with Crippen LogP contribution in [0.3, 0.4) is 0 Å². The van der Waals surface area contributed by atoms with Crippen LogP contribution in [-0.2, 0) is 0 Å². The normalized spacial score (nSPS) is 40.1. The quantitative estimate of drug-likeness (QED) is 0.581. The topological polar surface area (TPSA) is 77.1 Å². The number of urea groups is 3. The van der Waals surface area contributed by atoms with Crippen LogP contribution in [-0.4, -0.2) is 115 Å². The van der Waals surface area contributed by atoms with Gasteiger partial charge in [0.1, 0.15) is 30.8 Å². The zero-order chi connectivity index (χ0) is 21.7. The molecule has 170 valence electrons. The van der Waals surface area contributed by atoms with Crippen LogP contribution in [0.5, 0.6) is 0 Å². The van der Waals surface area contributed by atoms with Gasteiger partial charge in [-0.1, -0.05) is 24.3 Å². The fourth-order valence-electron chi connectivity index (χ4n) is 8.05. The van der Waals surface area contributed by atoms with Crippen molar-refractivity contribution in [3.05, 3.63) is 35.4 Å². The van der Waals surface area contributed by atoms with Gasteiger partial charge in [0, 0.05) is 31.7 Å². The largest absolute Gasteiger partial charge is 0.325 e. The highest BCUT2D eigenvalue weighted by molar-refractivity contribution is 5.88. The predicted molar refractivity (Wildman–Crippen MR) is 112 cm³/mol. The predicted octanol–water partition coefficient (Wildman–Crippen LogP) is 0.611. The summed E-state index contributed by atoms with van der Waals surface area (Å²) in [6.45, 7) is 3.71. The van der Waals surface area contributed by atoms with Crippen LogP contribution >= 0.6 is 0 Å². The fraction of sp³-hybridized carbons (Fsp3) is 0.591. The first-order chi connectivity index (χ1) is 16.2. The van der Waals surface area contributed by atoms with E-state index in [1.54, 1.807) is 0 Å². The number of fused-ring (bicyclic) bond motifs is 4. The SMILES string of the molecule is O=C1N2CCCN3C(=O)N4[C@H](C23)N1[C@@H]1c2ccccc2[C@H]4N2CN3CCCN4C(=O)N1[C@H]2[C@H]34. The molecule has 8 aliphatic rings. The fourth-order valence-corrected chi connectivity index (χ4v) is 8.05. The molecule has 0 N–H and O–H groups in total. The number of nitrogens with zero attached hydrogens (tertiary/aromatic N) is 8. The van der Waals surface area contributed by atoms with E-state index in [1.807, 2.05) is 47.6 Å². The van der Waals surface area contributed by atoms with E-state index in [9.17, 15) is 14.4 Å². The first kappa shape index (κ1) is 17.4. The Morgan fingerprint density at radius 3 is 1.85 bits per heavy atom. The highest BCUT2D eigenvalue weighted by atomic mass is 16.2. The molecule has 0 aliphatic carbocycles. The molecule has 33 heavy (non-hydrogen) atoms. The van der Waals surface area contributed by atoms with Crippen LogP contribution < -0.4 is 0 Å². The van der Waals surface area contributed by atoms with E-state index >= 15 is 0 Å². The summed E-state index contributed by atoms with van der Waals surface area (Å²) in [5, 5.41) is 0. The minimum atomic E-state index is -0.516. The number of rotatable bonds is 0. The third-order valence-corrected chi connectivity index (χ3v) is 9.10. The van der Waals surface area contributed by atoms with Crippen LogP contribution in [0.4, 0.5) is 14.4 Å². The lowest BCUT2D eigenvalue weighted by molar-refractivity contribution is -0.0797. The Balaban J connectivity index is 1.36. The minimum Gasteiger partial charge on any atom is -0.305 e. The lowest BCUT2D eigenvalue weighted by atomic mass is 10.0. The molecule has 0 radical (unpaired) electrons. The summed E-state index contributed by atoms with van der Waals surface area (Å²) in [5.41, 5.74) is 2.01.